The van der Waals surface area contributed by atoms with Crippen LogP contribution in [0.15, 0.2) is 42.5 Å². The maximum Gasteiger partial charge on any atom is 0.253 e. The molecule has 1 saturated heterocycles. The average molecular weight is 366 g/mol. The molecule has 2 amide bonds. The van der Waals surface area contributed by atoms with E-state index >= 15 is 0 Å². The lowest BCUT2D eigenvalue weighted by Crippen LogP contribution is -2.51. The van der Waals surface area contributed by atoms with Gasteiger partial charge >= 0.3 is 0 Å². The smallest absolute Gasteiger partial charge is 0.253 e. The highest BCUT2D eigenvalue weighted by molar-refractivity contribution is 5.94. The minimum Gasteiger partial charge on any atom is -0.497 e. The number of benzene rings is 2. The van der Waals surface area contributed by atoms with Crippen molar-refractivity contribution in [3.63, 3.8) is 0 Å². The lowest BCUT2D eigenvalue weighted by atomic mass is 10.0. The number of aryl methyl sites for hydroxylation is 2. The summed E-state index contributed by atoms with van der Waals surface area (Å²) < 4.78 is 5.13. The van der Waals surface area contributed by atoms with Gasteiger partial charge in [-0.1, -0.05) is 18.2 Å². The van der Waals surface area contributed by atoms with Gasteiger partial charge in [-0.15, -0.1) is 0 Å². The van der Waals surface area contributed by atoms with E-state index in [1.165, 1.54) is 11.1 Å². The summed E-state index contributed by atoms with van der Waals surface area (Å²) >= 11 is 0. The Morgan fingerprint density at radius 1 is 0.889 bits per heavy atom. The number of nitrogens with zero attached hydrogens (tertiary/aromatic N) is 2. The van der Waals surface area contributed by atoms with Crippen molar-refractivity contribution in [2.45, 2.75) is 20.3 Å². The van der Waals surface area contributed by atoms with Crippen molar-refractivity contribution in [3.05, 3.63) is 64.7 Å². The molecule has 1 aliphatic heterocycles. The standard InChI is InChI=1S/C22H26N2O3/c1-16-4-5-18(14-17(16)2)15-21(25)23-10-12-24(13-11-23)22(26)19-6-8-20(27-3)9-7-19/h4-9,14H,10-13,15H2,1-3H3. The Labute approximate surface area is 160 Å². The molecule has 5 heteroatoms. The van der Waals surface area contributed by atoms with Crippen LogP contribution >= 0.6 is 0 Å². The third-order valence-electron chi connectivity index (χ3n) is 5.18. The summed E-state index contributed by atoms with van der Waals surface area (Å²) in [6, 6.07) is 13.3. The molecule has 142 valence electrons. The molecule has 2 aromatic carbocycles. The van der Waals surface area contributed by atoms with Crippen LogP contribution in [0.3, 0.4) is 0 Å². The van der Waals surface area contributed by atoms with Crippen molar-refractivity contribution in [2.75, 3.05) is 33.3 Å². The molecule has 2 aromatic rings. The highest BCUT2D eigenvalue weighted by Crippen LogP contribution is 2.15. The molecular weight excluding hydrogens is 340 g/mol. The molecule has 0 saturated carbocycles. The Kier molecular flexibility index (Phi) is 5.79. The Bertz CT molecular complexity index is 822. The number of amides is 2. The minimum atomic E-state index is -0.00101. The van der Waals surface area contributed by atoms with Crippen LogP contribution in [0, 0.1) is 13.8 Å². The van der Waals surface area contributed by atoms with Crippen LogP contribution in [0.1, 0.15) is 27.0 Å². The normalized spacial score (nSPS) is 14.2. The summed E-state index contributed by atoms with van der Waals surface area (Å²) in [6.45, 7) is 6.40. The lowest BCUT2D eigenvalue weighted by molar-refractivity contribution is -0.131. The van der Waals surface area contributed by atoms with Crippen LogP contribution in [0.5, 0.6) is 5.75 Å². The molecule has 3 rings (SSSR count). The van der Waals surface area contributed by atoms with Gasteiger partial charge in [-0.2, -0.15) is 0 Å². The molecule has 0 aromatic heterocycles. The van der Waals surface area contributed by atoms with Gasteiger partial charge in [-0.3, -0.25) is 9.59 Å². The summed E-state index contributed by atoms with van der Waals surface area (Å²) in [5, 5.41) is 0. The summed E-state index contributed by atoms with van der Waals surface area (Å²) in [5.74, 6) is 0.849. The van der Waals surface area contributed by atoms with Gasteiger partial charge in [0, 0.05) is 31.7 Å². The van der Waals surface area contributed by atoms with Crippen molar-refractivity contribution in [1.29, 1.82) is 0 Å². The molecule has 0 N–H and O–H groups in total. The van der Waals surface area contributed by atoms with Crippen molar-refractivity contribution >= 4 is 11.8 Å². The van der Waals surface area contributed by atoms with E-state index in [1.807, 2.05) is 15.9 Å². The molecule has 0 radical (unpaired) electrons. The van der Waals surface area contributed by atoms with E-state index in [-0.39, 0.29) is 11.8 Å². The lowest BCUT2D eigenvalue weighted by Gasteiger charge is -2.35. The number of piperazine rings is 1. The van der Waals surface area contributed by atoms with Crippen molar-refractivity contribution in [2.24, 2.45) is 0 Å². The predicted octanol–water partition coefficient (Wildman–Crippen LogP) is 2.84. The number of hydrogen-bond donors (Lipinski definition) is 0. The van der Waals surface area contributed by atoms with Crippen LogP contribution in [0.2, 0.25) is 0 Å². The fourth-order valence-electron chi connectivity index (χ4n) is 3.28. The molecular formula is C22H26N2O3. The Morgan fingerprint density at radius 3 is 2.11 bits per heavy atom. The highest BCUT2D eigenvalue weighted by atomic mass is 16.5. The van der Waals surface area contributed by atoms with Gasteiger partial charge in [0.1, 0.15) is 5.75 Å². The van der Waals surface area contributed by atoms with Crippen molar-refractivity contribution < 1.29 is 14.3 Å². The topological polar surface area (TPSA) is 49.9 Å². The quantitative estimate of drug-likeness (QED) is 0.836. The first-order valence-electron chi connectivity index (χ1n) is 9.25. The summed E-state index contributed by atoms with van der Waals surface area (Å²) in [7, 11) is 1.60. The molecule has 27 heavy (non-hydrogen) atoms. The zero-order valence-corrected chi connectivity index (χ0v) is 16.2. The monoisotopic (exact) mass is 366 g/mol. The average Bonchev–Trinajstić information content (AvgIpc) is 2.70. The third kappa shape index (κ3) is 4.48. The van der Waals surface area contributed by atoms with Crippen molar-refractivity contribution in [3.8, 4) is 5.75 Å². The zero-order valence-electron chi connectivity index (χ0n) is 16.2. The minimum absolute atomic E-state index is 0.00101. The second-order valence-electron chi connectivity index (χ2n) is 7.00. The summed E-state index contributed by atoms with van der Waals surface area (Å²) in [5.41, 5.74) is 4.12. The summed E-state index contributed by atoms with van der Waals surface area (Å²) in [4.78, 5) is 28.9. The Morgan fingerprint density at radius 2 is 1.52 bits per heavy atom. The fraction of sp³-hybridized carbons (Fsp3) is 0.364. The predicted molar refractivity (Wildman–Crippen MR) is 105 cm³/mol. The van der Waals surface area contributed by atoms with E-state index in [2.05, 4.69) is 26.0 Å². The van der Waals surface area contributed by atoms with Crippen LogP contribution in [-0.2, 0) is 11.2 Å². The van der Waals surface area contributed by atoms with E-state index in [0.29, 0.717) is 38.2 Å². The second kappa shape index (κ2) is 8.25. The van der Waals surface area contributed by atoms with Gasteiger partial charge in [0.25, 0.3) is 5.91 Å². The molecule has 0 unspecified atom stereocenters. The van der Waals surface area contributed by atoms with Crippen LogP contribution in [0.4, 0.5) is 0 Å². The third-order valence-corrected chi connectivity index (χ3v) is 5.18. The first-order valence-corrected chi connectivity index (χ1v) is 9.25. The second-order valence-corrected chi connectivity index (χ2v) is 7.00. The van der Waals surface area contributed by atoms with Gasteiger partial charge in [0.15, 0.2) is 0 Å². The maximum absolute atomic E-state index is 12.6. The first-order chi connectivity index (χ1) is 13.0. The van der Waals surface area contributed by atoms with E-state index in [9.17, 15) is 9.59 Å². The number of methoxy groups -OCH3 is 1. The maximum atomic E-state index is 12.6. The van der Waals surface area contributed by atoms with E-state index in [1.54, 1.807) is 31.4 Å². The van der Waals surface area contributed by atoms with E-state index in [4.69, 9.17) is 4.74 Å². The number of carbonyl (C=O) groups excluding carboxylic acids is 2. The van der Waals surface area contributed by atoms with Gasteiger partial charge in [-0.25, -0.2) is 0 Å². The van der Waals surface area contributed by atoms with E-state index < -0.39 is 0 Å². The molecule has 1 fully saturated rings. The van der Waals surface area contributed by atoms with Crippen LogP contribution < -0.4 is 4.74 Å². The first kappa shape index (κ1) is 19.0. The van der Waals surface area contributed by atoms with Crippen LogP contribution in [0.25, 0.3) is 0 Å². The summed E-state index contributed by atoms with van der Waals surface area (Å²) in [6.07, 6.45) is 0.410. The van der Waals surface area contributed by atoms with E-state index in [0.717, 1.165) is 11.3 Å². The molecule has 5 nitrogen and oxygen atoms in total. The molecule has 1 heterocycles. The molecule has 0 bridgehead atoms. The highest BCUT2D eigenvalue weighted by Gasteiger charge is 2.24. The van der Waals surface area contributed by atoms with Gasteiger partial charge in [0.2, 0.25) is 5.91 Å². The molecule has 0 aliphatic carbocycles. The number of rotatable bonds is 4. The Hall–Kier alpha value is -2.82. The number of ether oxygens (including phenoxy) is 1. The zero-order chi connectivity index (χ0) is 19.4. The van der Waals surface area contributed by atoms with Gasteiger partial charge < -0.3 is 14.5 Å². The van der Waals surface area contributed by atoms with Crippen molar-refractivity contribution in [1.82, 2.24) is 9.80 Å². The van der Waals surface area contributed by atoms with Gasteiger partial charge in [0.05, 0.1) is 13.5 Å². The number of hydrogen-bond acceptors (Lipinski definition) is 3. The fourth-order valence-corrected chi connectivity index (χ4v) is 3.28. The molecule has 0 atom stereocenters. The Balaban J connectivity index is 1.55. The molecule has 1 aliphatic rings. The van der Waals surface area contributed by atoms with Crippen LogP contribution in [-0.4, -0.2) is 54.9 Å². The largest absolute Gasteiger partial charge is 0.497 e. The SMILES string of the molecule is COc1ccc(C(=O)N2CCN(C(=O)Cc3ccc(C)c(C)c3)CC2)cc1. The molecule has 0 spiro atoms. The van der Waals surface area contributed by atoms with Gasteiger partial charge in [-0.05, 0) is 54.8 Å². The number of carbonyl (C=O) groups is 2.